The first-order valence-corrected chi connectivity index (χ1v) is 9.78. The van der Waals surface area contributed by atoms with Gasteiger partial charge in [-0.05, 0) is 41.5 Å². The number of halogens is 1. The Balaban J connectivity index is 1.98. The Hall–Kier alpha value is -0.660. The fraction of sp³-hybridized carbons (Fsp3) is 0.467. The van der Waals surface area contributed by atoms with Gasteiger partial charge >= 0.3 is 0 Å². The second-order valence-corrected chi connectivity index (χ2v) is 10.2. The summed E-state index contributed by atoms with van der Waals surface area (Å²) >= 11 is 7.26. The monoisotopic (exact) mass is 358 g/mol. The highest BCUT2D eigenvalue weighted by molar-refractivity contribution is 7.91. The predicted molar refractivity (Wildman–Crippen MR) is 92.0 cm³/mol. The van der Waals surface area contributed by atoms with Gasteiger partial charge in [-0.25, -0.2) is 8.42 Å². The van der Waals surface area contributed by atoms with E-state index in [1.165, 1.54) is 11.3 Å². The van der Waals surface area contributed by atoms with E-state index in [1.807, 2.05) is 19.9 Å². The normalized spacial score (nSPS) is 23.0. The molecule has 1 unspecified atom stereocenters. The summed E-state index contributed by atoms with van der Waals surface area (Å²) in [5, 5.41) is 1.48. The molecule has 3 rings (SSSR count). The first-order valence-electron chi connectivity index (χ1n) is 7.15. The number of thiophene rings is 1. The van der Waals surface area contributed by atoms with Gasteiger partial charge in [0.25, 0.3) is 10.0 Å². The zero-order valence-electron chi connectivity index (χ0n) is 12.5. The molecule has 0 radical (unpaired) electrons. The minimum atomic E-state index is -3.48. The van der Waals surface area contributed by atoms with Gasteiger partial charge in [-0.15, -0.1) is 11.3 Å². The lowest BCUT2D eigenvalue weighted by Crippen LogP contribution is -2.53. The van der Waals surface area contributed by atoms with Crippen molar-refractivity contribution < 1.29 is 8.42 Å². The van der Waals surface area contributed by atoms with Crippen LogP contribution < -0.4 is 5.73 Å². The Morgan fingerprint density at radius 2 is 2.09 bits per heavy atom. The number of nitrogens with zero attached hydrogens (tertiary/aromatic N) is 1. The van der Waals surface area contributed by atoms with Gasteiger partial charge in [0.1, 0.15) is 4.21 Å². The Bertz CT molecular complexity index is 814. The van der Waals surface area contributed by atoms with E-state index in [0.717, 1.165) is 10.1 Å². The maximum absolute atomic E-state index is 12.9. The van der Waals surface area contributed by atoms with Crippen molar-refractivity contribution in [3.63, 3.8) is 0 Å². The lowest BCUT2D eigenvalue weighted by Gasteiger charge is -2.41. The van der Waals surface area contributed by atoms with Crippen molar-refractivity contribution in [3.8, 4) is 0 Å². The summed E-state index contributed by atoms with van der Waals surface area (Å²) in [6.45, 7) is 4.96. The van der Waals surface area contributed by atoms with Crippen molar-refractivity contribution in [2.75, 3.05) is 13.1 Å². The molecule has 2 aromatic rings. The van der Waals surface area contributed by atoms with Gasteiger partial charge in [-0.2, -0.15) is 4.31 Å². The Morgan fingerprint density at radius 1 is 1.36 bits per heavy atom. The quantitative estimate of drug-likeness (QED) is 0.895. The number of fused-ring (bicyclic) bond motifs is 1. The summed E-state index contributed by atoms with van der Waals surface area (Å²) < 4.78 is 28.7. The van der Waals surface area contributed by atoms with Crippen molar-refractivity contribution in [3.05, 3.63) is 29.3 Å². The SMILES string of the molecule is CC1(C)CN(S(=O)(=O)c2cc3cc(Cl)ccc3s2)CCC1N. The van der Waals surface area contributed by atoms with Crippen LogP contribution in [-0.2, 0) is 10.0 Å². The van der Waals surface area contributed by atoms with E-state index in [1.54, 1.807) is 22.5 Å². The van der Waals surface area contributed by atoms with E-state index in [4.69, 9.17) is 17.3 Å². The maximum Gasteiger partial charge on any atom is 0.252 e. The zero-order chi connectivity index (χ0) is 16.1. The lowest BCUT2D eigenvalue weighted by molar-refractivity contribution is 0.156. The number of nitrogens with two attached hydrogens (primary N) is 1. The van der Waals surface area contributed by atoms with Crippen LogP contribution in [0.5, 0.6) is 0 Å². The molecule has 7 heteroatoms. The van der Waals surface area contributed by atoms with Crippen LogP contribution in [0.1, 0.15) is 20.3 Å². The van der Waals surface area contributed by atoms with Crippen LogP contribution in [0, 0.1) is 5.41 Å². The summed E-state index contributed by atoms with van der Waals surface area (Å²) in [6, 6.07) is 7.17. The summed E-state index contributed by atoms with van der Waals surface area (Å²) in [4.78, 5) is 0. The lowest BCUT2D eigenvalue weighted by atomic mass is 9.81. The van der Waals surface area contributed by atoms with E-state index in [-0.39, 0.29) is 11.5 Å². The Morgan fingerprint density at radius 3 is 2.77 bits per heavy atom. The first kappa shape index (κ1) is 16.2. The van der Waals surface area contributed by atoms with Crippen molar-refractivity contribution in [2.45, 2.75) is 30.5 Å². The molecule has 1 fully saturated rings. The van der Waals surface area contributed by atoms with Gasteiger partial charge in [0.15, 0.2) is 0 Å². The number of benzene rings is 1. The first-order chi connectivity index (χ1) is 10.2. The van der Waals surface area contributed by atoms with Gasteiger partial charge in [0.05, 0.1) is 0 Å². The molecule has 120 valence electrons. The molecule has 0 aliphatic carbocycles. The number of hydrogen-bond acceptors (Lipinski definition) is 4. The van der Waals surface area contributed by atoms with Gasteiger partial charge < -0.3 is 5.73 Å². The van der Waals surface area contributed by atoms with Crippen molar-refractivity contribution in [1.29, 1.82) is 0 Å². The number of sulfonamides is 1. The molecule has 4 nitrogen and oxygen atoms in total. The number of hydrogen-bond donors (Lipinski definition) is 1. The highest BCUT2D eigenvalue weighted by Gasteiger charge is 2.39. The minimum absolute atomic E-state index is 0.0279. The molecule has 1 saturated heterocycles. The molecule has 1 aliphatic heterocycles. The molecule has 0 spiro atoms. The second kappa shape index (κ2) is 5.46. The summed E-state index contributed by atoms with van der Waals surface area (Å²) in [7, 11) is -3.48. The average Bonchev–Trinajstić information content (AvgIpc) is 2.85. The molecule has 1 aromatic heterocycles. The predicted octanol–water partition coefficient (Wildman–Crippen LogP) is 3.30. The molecule has 0 saturated carbocycles. The maximum atomic E-state index is 12.9. The number of rotatable bonds is 2. The van der Waals surface area contributed by atoms with Crippen LogP contribution >= 0.6 is 22.9 Å². The van der Waals surface area contributed by atoms with Crippen molar-refractivity contribution in [1.82, 2.24) is 4.31 Å². The molecular formula is C15H19ClN2O2S2. The van der Waals surface area contributed by atoms with Gasteiger partial charge in [0, 0.05) is 28.9 Å². The smallest absolute Gasteiger partial charge is 0.252 e. The molecule has 1 atom stereocenters. The highest BCUT2D eigenvalue weighted by Crippen LogP contribution is 2.36. The summed E-state index contributed by atoms with van der Waals surface area (Å²) in [6.07, 6.45) is 0.683. The van der Waals surface area contributed by atoms with Crippen LogP contribution in [0.3, 0.4) is 0 Å². The third-order valence-corrected chi connectivity index (χ3v) is 7.97. The second-order valence-electron chi connectivity index (χ2n) is 6.47. The van der Waals surface area contributed by atoms with Gasteiger partial charge in [0.2, 0.25) is 0 Å². The number of piperidine rings is 1. The molecule has 2 heterocycles. The minimum Gasteiger partial charge on any atom is -0.327 e. The fourth-order valence-electron chi connectivity index (χ4n) is 2.77. The van der Waals surface area contributed by atoms with Crippen LogP contribution in [0.4, 0.5) is 0 Å². The topological polar surface area (TPSA) is 63.4 Å². The summed E-state index contributed by atoms with van der Waals surface area (Å²) in [5.41, 5.74) is 5.88. The van der Waals surface area contributed by atoms with Crippen molar-refractivity contribution in [2.24, 2.45) is 11.1 Å². The van der Waals surface area contributed by atoms with E-state index in [9.17, 15) is 8.42 Å². The molecular weight excluding hydrogens is 340 g/mol. The molecule has 22 heavy (non-hydrogen) atoms. The molecule has 1 aliphatic rings. The van der Waals surface area contributed by atoms with Crippen LogP contribution in [0.25, 0.3) is 10.1 Å². The van der Waals surface area contributed by atoms with Crippen LogP contribution in [0.2, 0.25) is 5.02 Å². The van der Waals surface area contributed by atoms with E-state index < -0.39 is 10.0 Å². The van der Waals surface area contributed by atoms with Gasteiger partial charge in [-0.1, -0.05) is 25.4 Å². The molecule has 1 aromatic carbocycles. The molecule has 2 N–H and O–H groups in total. The highest BCUT2D eigenvalue weighted by atomic mass is 35.5. The Labute approximate surface area is 139 Å². The molecule has 0 amide bonds. The van der Waals surface area contributed by atoms with Gasteiger partial charge in [-0.3, -0.25) is 0 Å². The third kappa shape index (κ3) is 2.78. The molecule has 0 bridgehead atoms. The van der Waals surface area contributed by atoms with Crippen LogP contribution in [0.15, 0.2) is 28.5 Å². The summed E-state index contributed by atoms with van der Waals surface area (Å²) in [5.74, 6) is 0. The Kier molecular flexibility index (Phi) is 4.02. The third-order valence-electron chi connectivity index (χ3n) is 4.33. The standard InChI is InChI=1S/C15H19ClN2O2S2/c1-15(2)9-18(6-5-13(15)17)22(19,20)14-8-10-7-11(16)3-4-12(10)21-14/h3-4,7-8,13H,5-6,9,17H2,1-2H3. The van der Waals surface area contributed by atoms with Crippen molar-refractivity contribution >= 4 is 43.0 Å². The van der Waals surface area contributed by atoms with E-state index in [2.05, 4.69) is 0 Å². The zero-order valence-corrected chi connectivity index (χ0v) is 14.9. The largest absolute Gasteiger partial charge is 0.327 e. The van der Waals surface area contributed by atoms with Crippen LogP contribution in [-0.4, -0.2) is 31.9 Å². The average molecular weight is 359 g/mol. The van der Waals surface area contributed by atoms with E-state index in [0.29, 0.717) is 28.7 Å². The fourth-order valence-corrected chi connectivity index (χ4v) is 6.11. The van der Waals surface area contributed by atoms with E-state index >= 15 is 0 Å².